The second-order valence-electron chi connectivity index (χ2n) is 4.79. The van der Waals surface area contributed by atoms with Gasteiger partial charge >= 0.3 is 0 Å². The van der Waals surface area contributed by atoms with Gasteiger partial charge in [0.1, 0.15) is 5.75 Å². The monoisotopic (exact) mass is 289 g/mol. The summed E-state index contributed by atoms with van der Waals surface area (Å²) in [6, 6.07) is 12.2. The molecule has 2 rings (SSSR count). The van der Waals surface area contributed by atoms with Crippen molar-refractivity contribution < 1.29 is 4.74 Å². The number of hydrogen-bond donors (Lipinski definition) is 1. The maximum atomic E-state index is 6.15. The molecule has 2 nitrogen and oxygen atoms in total. The zero-order chi connectivity index (χ0) is 14.5. The molecule has 106 valence electrons. The molecule has 0 radical (unpaired) electrons. The normalized spacial score (nSPS) is 10.6. The van der Waals surface area contributed by atoms with Gasteiger partial charge < -0.3 is 10.1 Å². The zero-order valence-corrected chi connectivity index (χ0v) is 12.9. The van der Waals surface area contributed by atoms with Gasteiger partial charge in [-0.25, -0.2) is 0 Å². The van der Waals surface area contributed by atoms with E-state index in [2.05, 4.69) is 37.4 Å². The average molecular weight is 290 g/mol. The fraction of sp³-hybridized carbons (Fsp3) is 0.294. The number of nitrogens with one attached hydrogen (secondary N) is 1. The predicted molar refractivity (Wildman–Crippen MR) is 85.6 cm³/mol. The van der Waals surface area contributed by atoms with Gasteiger partial charge in [0.2, 0.25) is 0 Å². The Balaban J connectivity index is 2.55. The summed E-state index contributed by atoms with van der Waals surface area (Å²) in [7, 11) is 1.69. The molecule has 0 atom stereocenters. The van der Waals surface area contributed by atoms with Gasteiger partial charge in [0.25, 0.3) is 0 Å². The number of aryl methyl sites for hydroxylation is 1. The maximum Gasteiger partial charge on any atom is 0.126 e. The lowest BCUT2D eigenvalue weighted by atomic mass is 9.96. The van der Waals surface area contributed by atoms with Crippen molar-refractivity contribution in [2.45, 2.75) is 20.4 Å². The van der Waals surface area contributed by atoms with Gasteiger partial charge in [0, 0.05) is 17.1 Å². The molecule has 0 bridgehead atoms. The molecule has 0 saturated carbocycles. The topological polar surface area (TPSA) is 21.3 Å². The molecule has 0 saturated heterocycles. The lowest BCUT2D eigenvalue weighted by Gasteiger charge is -2.15. The highest BCUT2D eigenvalue weighted by Crippen LogP contribution is 2.35. The molecule has 0 aliphatic heterocycles. The molecule has 2 aromatic carbocycles. The first-order valence-electron chi connectivity index (χ1n) is 6.80. The van der Waals surface area contributed by atoms with Crippen molar-refractivity contribution >= 4 is 11.6 Å². The Hall–Kier alpha value is -1.51. The number of benzene rings is 2. The highest BCUT2D eigenvalue weighted by atomic mass is 35.5. The van der Waals surface area contributed by atoms with E-state index < -0.39 is 0 Å². The summed E-state index contributed by atoms with van der Waals surface area (Å²) in [5, 5.41) is 4.09. The molecule has 2 aromatic rings. The van der Waals surface area contributed by atoms with Gasteiger partial charge in [-0.15, -0.1) is 0 Å². The van der Waals surface area contributed by atoms with Crippen molar-refractivity contribution in [3.05, 3.63) is 52.5 Å². The van der Waals surface area contributed by atoms with Crippen molar-refractivity contribution in [2.24, 2.45) is 0 Å². The molecule has 1 N–H and O–H groups in total. The highest BCUT2D eigenvalue weighted by Gasteiger charge is 2.11. The molecule has 0 amide bonds. The Bertz CT molecular complexity index is 596. The minimum Gasteiger partial charge on any atom is -0.496 e. The molecule has 0 spiro atoms. The Morgan fingerprint density at radius 3 is 2.60 bits per heavy atom. The third-order valence-corrected chi connectivity index (χ3v) is 3.52. The van der Waals surface area contributed by atoms with E-state index >= 15 is 0 Å². The summed E-state index contributed by atoms with van der Waals surface area (Å²) >= 11 is 6.15. The van der Waals surface area contributed by atoms with E-state index in [1.165, 1.54) is 16.7 Å². The first-order valence-corrected chi connectivity index (χ1v) is 7.17. The van der Waals surface area contributed by atoms with Crippen LogP contribution in [0.3, 0.4) is 0 Å². The van der Waals surface area contributed by atoms with E-state index in [-0.39, 0.29) is 0 Å². The fourth-order valence-corrected chi connectivity index (χ4v) is 2.42. The minimum atomic E-state index is 0.719. The second kappa shape index (κ2) is 6.78. The molecular weight excluding hydrogens is 270 g/mol. The van der Waals surface area contributed by atoms with Gasteiger partial charge in [-0.2, -0.15) is 0 Å². The molecule has 0 aromatic heterocycles. The summed E-state index contributed by atoms with van der Waals surface area (Å²) in [6.07, 6.45) is 0. The van der Waals surface area contributed by atoms with Crippen LogP contribution in [0, 0.1) is 6.92 Å². The van der Waals surface area contributed by atoms with Crippen LogP contribution in [0.4, 0.5) is 0 Å². The second-order valence-corrected chi connectivity index (χ2v) is 5.22. The van der Waals surface area contributed by atoms with Crippen LogP contribution < -0.4 is 10.1 Å². The van der Waals surface area contributed by atoms with Crippen LogP contribution in [0.15, 0.2) is 36.4 Å². The molecular formula is C17H20ClNO. The van der Waals surface area contributed by atoms with Crippen molar-refractivity contribution in [3.8, 4) is 16.9 Å². The number of rotatable bonds is 5. The predicted octanol–water partition coefficient (Wildman–Crippen LogP) is 4.43. The summed E-state index contributed by atoms with van der Waals surface area (Å²) in [4.78, 5) is 0. The third kappa shape index (κ3) is 3.33. The fourth-order valence-electron chi connectivity index (χ4n) is 2.25. The Morgan fingerprint density at radius 2 is 1.90 bits per heavy atom. The van der Waals surface area contributed by atoms with E-state index in [0.29, 0.717) is 0 Å². The van der Waals surface area contributed by atoms with E-state index in [0.717, 1.165) is 29.4 Å². The van der Waals surface area contributed by atoms with Crippen LogP contribution in [0.5, 0.6) is 5.75 Å². The molecule has 0 aliphatic carbocycles. The Kier molecular flexibility index (Phi) is 5.05. The van der Waals surface area contributed by atoms with E-state index in [1.807, 2.05) is 18.2 Å². The lowest BCUT2D eigenvalue weighted by molar-refractivity contribution is 0.416. The molecule has 0 unspecified atom stereocenters. The quantitative estimate of drug-likeness (QED) is 0.879. The summed E-state index contributed by atoms with van der Waals surface area (Å²) in [5.41, 5.74) is 4.68. The summed E-state index contributed by atoms with van der Waals surface area (Å²) < 4.78 is 5.48. The van der Waals surface area contributed by atoms with Crippen molar-refractivity contribution in [1.29, 1.82) is 0 Å². The van der Waals surface area contributed by atoms with Gasteiger partial charge in [-0.1, -0.05) is 42.3 Å². The highest BCUT2D eigenvalue weighted by molar-refractivity contribution is 6.31. The number of halogens is 1. The SMILES string of the molecule is CCNCc1ccc(C)cc1-c1cc(Cl)ccc1OC. The van der Waals surface area contributed by atoms with Crippen LogP contribution in [-0.2, 0) is 6.54 Å². The van der Waals surface area contributed by atoms with Crippen LogP contribution >= 0.6 is 11.6 Å². The van der Waals surface area contributed by atoms with E-state index in [4.69, 9.17) is 16.3 Å². The van der Waals surface area contributed by atoms with Gasteiger partial charge in [0.05, 0.1) is 7.11 Å². The number of methoxy groups -OCH3 is 1. The van der Waals surface area contributed by atoms with E-state index in [9.17, 15) is 0 Å². The van der Waals surface area contributed by atoms with Crippen molar-refractivity contribution in [1.82, 2.24) is 5.32 Å². The van der Waals surface area contributed by atoms with Gasteiger partial charge in [-0.3, -0.25) is 0 Å². The van der Waals surface area contributed by atoms with E-state index in [1.54, 1.807) is 7.11 Å². The number of ether oxygens (including phenoxy) is 1. The summed E-state index contributed by atoms with van der Waals surface area (Å²) in [5.74, 6) is 0.845. The molecule has 3 heteroatoms. The maximum absolute atomic E-state index is 6.15. The molecule has 20 heavy (non-hydrogen) atoms. The molecule has 0 heterocycles. The standard InChI is InChI=1S/C17H20ClNO/c1-4-19-11-13-6-5-12(2)9-15(13)16-10-14(18)7-8-17(16)20-3/h5-10,19H,4,11H2,1-3H3. The van der Waals surface area contributed by atoms with Crippen LogP contribution in [0.25, 0.3) is 11.1 Å². The number of hydrogen-bond acceptors (Lipinski definition) is 2. The van der Waals surface area contributed by atoms with Gasteiger partial charge in [-0.05, 0) is 42.8 Å². The first kappa shape index (κ1) is 14.9. The zero-order valence-electron chi connectivity index (χ0n) is 12.2. The van der Waals surface area contributed by atoms with Gasteiger partial charge in [0.15, 0.2) is 0 Å². The van der Waals surface area contributed by atoms with Crippen LogP contribution in [0.1, 0.15) is 18.1 Å². The Morgan fingerprint density at radius 1 is 1.10 bits per heavy atom. The largest absolute Gasteiger partial charge is 0.496 e. The summed E-state index contributed by atoms with van der Waals surface area (Å²) in [6.45, 7) is 5.98. The van der Waals surface area contributed by atoms with Crippen molar-refractivity contribution in [2.75, 3.05) is 13.7 Å². The smallest absolute Gasteiger partial charge is 0.126 e. The lowest BCUT2D eigenvalue weighted by Crippen LogP contribution is -2.12. The molecule has 0 aliphatic rings. The minimum absolute atomic E-state index is 0.719. The Labute approximate surface area is 125 Å². The van der Waals surface area contributed by atoms with Crippen LogP contribution in [-0.4, -0.2) is 13.7 Å². The van der Waals surface area contributed by atoms with Crippen LogP contribution in [0.2, 0.25) is 5.02 Å². The van der Waals surface area contributed by atoms with Crippen molar-refractivity contribution in [3.63, 3.8) is 0 Å². The molecule has 0 fully saturated rings. The third-order valence-electron chi connectivity index (χ3n) is 3.28. The average Bonchev–Trinajstić information content (AvgIpc) is 2.46. The first-order chi connectivity index (χ1) is 9.65.